The molecule has 59 heavy (non-hydrogen) atoms. The molecule has 3 aromatic carbocycles. The van der Waals surface area contributed by atoms with Crippen LogP contribution >= 0.6 is 23.4 Å². The Balaban J connectivity index is 0.957. The third kappa shape index (κ3) is 11.3. The lowest BCUT2D eigenvalue weighted by molar-refractivity contribution is -0.0855. The molecule has 1 aliphatic heterocycles. The van der Waals surface area contributed by atoms with Crippen LogP contribution in [-0.2, 0) is 11.0 Å². The van der Waals surface area contributed by atoms with Crippen molar-refractivity contribution in [2.45, 2.75) is 100.0 Å². The molecule has 0 aromatic heterocycles. The molecule has 0 spiro atoms. The number of rotatable bonds is 12. The van der Waals surface area contributed by atoms with E-state index in [2.05, 4.69) is 52.7 Å². The van der Waals surface area contributed by atoms with E-state index >= 15 is 0 Å². The first-order chi connectivity index (χ1) is 27.9. The Bertz CT molecular complexity index is 2010. The van der Waals surface area contributed by atoms with Gasteiger partial charge in [0.25, 0.3) is 5.91 Å². The Labute approximate surface area is 359 Å². The number of carbonyl (C=O) groups is 1. The molecule has 1 heterocycles. The molecule has 4 aliphatic rings. The molecule has 6 atom stereocenters. The number of benzene rings is 3. The molecule has 1 saturated heterocycles. The zero-order valence-corrected chi connectivity index (χ0v) is 36.9. The third-order valence-corrected chi connectivity index (χ3v) is 15.2. The molecule has 3 aliphatic carbocycles. The van der Waals surface area contributed by atoms with Crippen molar-refractivity contribution in [2.75, 3.05) is 49.5 Å². The number of amides is 1. The molecule has 3 fully saturated rings. The summed E-state index contributed by atoms with van der Waals surface area (Å²) in [5.41, 5.74) is 0.252. The Hall–Kier alpha value is -3.03. The fourth-order valence-corrected chi connectivity index (χ4v) is 12.4. The Kier molecular flexibility index (Phi) is 13.5. The highest BCUT2D eigenvalue weighted by Gasteiger charge is 2.49. The average Bonchev–Trinajstić information content (AvgIpc) is 3.16. The maximum atomic E-state index is 13.8. The van der Waals surface area contributed by atoms with Crippen molar-refractivity contribution in [1.82, 2.24) is 9.62 Å². The summed E-state index contributed by atoms with van der Waals surface area (Å²) in [6, 6.07) is 19.7. The van der Waals surface area contributed by atoms with Gasteiger partial charge in [0.15, 0.2) is 11.0 Å². The van der Waals surface area contributed by atoms with Gasteiger partial charge in [0, 0.05) is 66.1 Å². The number of hydrogen-bond donors (Lipinski definition) is 3. The number of halogens is 4. The summed E-state index contributed by atoms with van der Waals surface area (Å²) in [6.45, 7) is 13.6. The summed E-state index contributed by atoms with van der Waals surface area (Å²) < 4.78 is 57.2. The Morgan fingerprint density at radius 3 is 2.41 bits per heavy atom. The zero-order valence-electron chi connectivity index (χ0n) is 34.5. The van der Waals surface area contributed by atoms with Gasteiger partial charge in [-0.3, -0.25) is 14.4 Å². The van der Waals surface area contributed by atoms with E-state index in [1.807, 2.05) is 31.2 Å². The zero-order chi connectivity index (χ0) is 42.1. The highest BCUT2D eigenvalue weighted by molar-refractivity contribution is 8.00. The molecule has 6 unspecified atom stereocenters. The van der Waals surface area contributed by atoms with Crippen molar-refractivity contribution in [3.05, 3.63) is 88.5 Å². The van der Waals surface area contributed by atoms with Gasteiger partial charge >= 0.3 is 5.51 Å². The second-order valence-electron chi connectivity index (χ2n) is 18.4. The van der Waals surface area contributed by atoms with E-state index in [9.17, 15) is 27.3 Å². The summed E-state index contributed by atoms with van der Waals surface area (Å²) in [6.07, 6.45) is 7.61. The van der Waals surface area contributed by atoms with Gasteiger partial charge < -0.3 is 15.3 Å². The third-order valence-electron chi connectivity index (χ3n) is 13.1. The predicted octanol–water partition coefficient (Wildman–Crippen LogP) is 10.8. The lowest BCUT2D eigenvalue weighted by Crippen LogP contribution is -2.50. The molecule has 3 aromatic rings. The first kappa shape index (κ1) is 44.0. The van der Waals surface area contributed by atoms with E-state index < -0.39 is 28.0 Å². The molecule has 1 amide bonds. The van der Waals surface area contributed by atoms with Crippen LogP contribution in [0, 0.1) is 29.1 Å². The minimum Gasteiger partial charge on any atom is -0.390 e. The number of allylic oxidation sites excluding steroid dienone is 1. The summed E-state index contributed by atoms with van der Waals surface area (Å²) in [5, 5.41) is 15.0. The molecule has 7 nitrogen and oxygen atoms in total. The second-order valence-corrected chi connectivity index (χ2v) is 21.2. The van der Waals surface area contributed by atoms with Crippen LogP contribution in [-0.4, -0.2) is 70.5 Å². The minimum absolute atomic E-state index is 0.0688. The topological polar surface area (TPSA) is 84.9 Å². The van der Waals surface area contributed by atoms with E-state index in [1.54, 1.807) is 12.1 Å². The summed E-state index contributed by atoms with van der Waals surface area (Å²) >= 11 is 5.94. The highest BCUT2D eigenvalue weighted by Crippen LogP contribution is 2.54. The minimum atomic E-state index is -4.57. The van der Waals surface area contributed by atoms with Crippen molar-refractivity contribution in [1.29, 1.82) is 0 Å². The molecular weight excluding hydrogens is 813 g/mol. The van der Waals surface area contributed by atoms with Crippen LogP contribution in [0.1, 0.15) is 95.0 Å². The molecule has 3 N–H and O–H groups in total. The number of nitrogens with zero attached hydrogens (tertiary/aromatic N) is 2. The molecule has 13 heteroatoms. The normalized spacial score (nSPS) is 27.2. The number of piperazine rings is 1. The number of hydrogen-bond acceptors (Lipinski definition) is 7. The Morgan fingerprint density at radius 2 is 1.73 bits per heavy atom. The van der Waals surface area contributed by atoms with Gasteiger partial charge in [-0.1, -0.05) is 50.1 Å². The number of nitrogens with one attached hydrogen (secondary N) is 2. The van der Waals surface area contributed by atoms with E-state index in [0.29, 0.717) is 47.9 Å². The number of anilines is 2. The highest BCUT2D eigenvalue weighted by atomic mass is 35.5. The first-order valence-corrected chi connectivity index (χ1v) is 23.4. The molecular formula is C46H58ClF3N4O3S2. The molecule has 2 bridgehead atoms. The van der Waals surface area contributed by atoms with Gasteiger partial charge in [0.05, 0.1) is 10.5 Å². The van der Waals surface area contributed by atoms with Gasteiger partial charge in [-0.25, -0.2) is 4.21 Å². The summed E-state index contributed by atoms with van der Waals surface area (Å²) in [7, 11) is -2.09. The number of carbonyl (C=O) groups excluding carboxylic acids is 1. The van der Waals surface area contributed by atoms with Crippen LogP contribution in [0.25, 0.3) is 5.57 Å². The molecule has 320 valence electrons. The van der Waals surface area contributed by atoms with E-state index in [0.717, 1.165) is 82.0 Å². The molecule has 2 saturated carbocycles. The van der Waals surface area contributed by atoms with Crippen molar-refractivity contribution < 1.29 is 27.3 Å². The SMILES string of the molecule is CC1CC2CC(C)(O)CC(CNc3ccc(S(=O)NC(=O)c4ccc(N5CCN(CC6=C(c7ccc(Cl)cc7)CCC(C(C)C)C6)CC5)cc4)cc3SC(F)(F)F)(C1)C2. The van der Waals surface area contributed by atoms with E-state index in [4.69, 9.17) is 11.6 Å². The van der Waals surface area contributed by atoms with Crippen molar-refractivity contribution >= 4 is 57.2 Å². The van der Waals surface area contributed by atoms with Gasteiger partial charge in [-0.15, -0.1) is 0 Å². The summed E-state index contributed by atoms with van der Waals surface area (Å²) in [4.78, 5) is 18.0. The van der Waals surface area contributed by atoms with Crippen molar-refractivity contribution in [3.63, 3.8) is 0 Å². The second kappa shape index (κ2) is 18.1. The first-order valence-electron chi connectivity index (χ1n) is 21.1. The fraction of sp³-hybridized carbons (Fsp3) is 0.543. The van der Waals surface area contributed by atoms with Crippen LogP contribution in [0.5, 0.6) is 0 Å². The van der Waals surface area contributed by atoms with E-state index in [1.165, 1.54) is 41.3 Å². The lowest BCUT2D eigenvalue weighted by Gasteiger charge is -2.53. The van der Waals surface area contributed by atoms with Crippen molar-refractivity contribution in [3.8, 4) is 0 Å². The molecule has 0 radical (unpaired) electrons. The number of aliphatic hydroxyl groups is 1. The number of fused-ring (bicyclic) bond motifs is 2. The van der Waals surface area contributed by atoms with Gasteiger partial charge in [0.1, 0.15) is 0 Å². The maximum absolute atomic E-state index is 13.8. The number of thioether (sulfide) groups is 1. The summed E-state index contributed by atoms with van der Waals surface area (Å²) in [5.74, 6) is 1.61. The smallest absolute Gasteiger partial charge is 0.390 e. The molecule has 7 rings (SSSR count). The Morgan fingerprint density at radius 1 is 1.02 bits per heavy atom. The quantitative estimate of drug-likeness (QED) is 0.156. The maximum Gasteiger partial charge on any atom is 0.446 e. The standard InChI is InChI=1S/C46H58ClF3N4O3S2/c1-30(2)35-9-15-40(33-5-10-37(47)11-6-33)36(22-35)27-53-17-19-54(20-18-53)38-12-7-34(8-13-38)43(55)52-59(57)39-14-16-41(42(23-39)58-46(48,49)50)51-29-45-24-31(3)21-32(26-45)25-44(4,56)28-45/h5-8,10-14,16,23,30-32,35,51,56H,9,15,17-22,24-29H2,1-4H3,(H,52,55). The van der Waals surface area contributed by atoms with Gasteiger partial charge in [0.2, 0.25) is 0 Å². The van der Waals surface area contributed by atoms with Crippen LogP contribution in [0.2, 0.25) is 5.02 Å². The van der Waals surface area contributed by atoms with Crippen LogP contribution in [0.3, 0.4) is 0 Å². The van der Waals surface area contributed by atoms with Crippen LogP contribution < -0.4 is 14.9 Å². The number of alkyl halides is 3. The average molecular weight is 872 g/mol. The van der Waals surface area contributed by atoms with E-state index in [-0.39, 0.29) is 27.0 Å². The monoisotopic (exact) mass is 870 g/mol. The lowest BCUT2D eigenvalue weighted by atomic mass is 9.55. The van der Waals surface area contributed by atoms with Crippen LogP contribution in [0.4, 0.5) is 24.5 Å². The fourth-order valence-electron chi connectivity index (χ4n) is 10.7. The van der Waals surface area contributed by atoms with Crippen LogP contribution in [0.15, 0.2) is 82.1 Å². The largest absolute Gasteiger partial charge is 0.446 e. The van der Waals surface area contributed by atoms with Crippen molar-refractivity contribution in [2.24, 2.45) is 29.1 Å². The predicted molar refractivity (Wildman–Crippen MR) is 235 cm³/mol. The van der Waals surface area contributed by atoms with Gasteiger partial charge in [-0.05, 0) is 165 Å². The van der Waals surface area contributed by atoms with Gasteiger partial charge in [-0.2, -0.15) is 13.2 Å².